The molecule has 0 saturated carbocycles. The number of carbonyl (C=O) groups excluding carboxylic acids is 2. The Morgan fingerprint density at radius 1 is 0.939 bits per heavy atom. The summed E-state index contributed by atoms with van der Waals surface area (Å²) in [6.45, 7) is 8.15. The molecule has 0 atom stereocenters. The summed E-state index contributed by atoms with van der Waals surface area (Å²) in [7, 11) is 0. The van der Waals surface area contributed by atoms with Gasteiger partial charge in [-0.1, -0.05) is 75.7 Å². The van der Waals surface area contributed by atoms with Crippen molar-refractivity contribution in [3.63, 3.8) is 0 Å². The molecule has 2 amide bonds. The van der Waals surface area contributed by atoms with Crippen molar-refractivity contribution in [2.75, 3.05) is 19.6 Å². The molecule has 1 aromatic heterocycles. The van der Waals surface area contributed by atoms with Gasteiger partial charge < -0.3 is 14.8 Å². The van der Waals surface area contributed by atoms with E-state index in [4.69, 9.17) is 0 Å². The zero-order valence-electron chi connectivity index (χ0n) is 20.2. The van der Waals surface area contributed by atoms with Crippen molar-refractivity contribution in [3.05, 3.63) is 71.9 Å². The van der Waals surface area contributed by atoms with Gasteiger partial charge in [0.15, 0.2) is 0 Å². The predicted molar refractivity (Wildman–Crippen MR) is 135 cm³/mol. The van der Waals surface area contributed by atoms with Crippen LogP contribution in [-0.4, -0.2) is 46.2 Å². The minimum atomic E-state index is 0.00388. The second kappa shape index (κ2) is 12.2. The van der Waals surface area contributed by atoms with Crippen LogP contribution < -0.4 is 0 Å². The van der Waals surface area contributed by atoms with E-state index in [2.05, 4.69) is 37.9 Å². The van der Waals surface area contributed by atoms with Crippen LogP contribution in [0.2, 0.25) is 0 Å². The number of nitrogens with one attached hydrogen (secondary N) is 1. The van der Waals surface area contributed by atoms with E-state index in [1.165, 1.54) is 10.9 Å². The number of hydrogen-bond donors (Lipinski definition) is 1. The van der Waals surface area contributed by atoms with Crippen LogP contribution in [0.1, 0.15) is 51.2 Å². The molecular weight excluding hydrogens is 410 g/mol. The van der Waals surface area contributed by atoms with Crippen molar-refractivity contribution in [1.29, 1.82) is 0 Å². The number of hydrogen-bond acceptors (Lipinski definition) is 2. The predicted octanol–water partition coefficient (Wildman–Crippen LogP) is 5.41. The maximum absolute atomic E-state index is 13.5. The van der Waals surface area contributed by atoms with Crippen molar-refractivity contribution in [1.82, 2.24) is 14.8 Å². The molecule has 176 valence electrons. The topological polar surface area (TPSA) is 56.4 Å². The number of H-pyrrole nitrogens is 1. The number of aromatic nitrogens is 1. The molecule has 5 heteroatoms. The van der Waals surface area contributed by atoms with Crippen molar-refractivity contribution < 1.29 is 9.59 Å². The van der Waals surface area contributed by atoms with Crippen LogP contribution in [0.25, 0.3) is 10.9 Å². The van der Waals surface area contributed by atoms with E-state index in [-0.39, 0.29) is 18.4 Å². The van der Waals surface area contributed by atoms with E-state index in [1.54, 1.807) is 4.90 Å². The van der Waals surface area contributed by atoms with Crippen molar-refractivity contribution in [2.24, 2.45) is 5.92 Å². The van der Waals surface area contributed by atoms with Crippen LogP contribution >= 0.6 is 0 Å². The third-order valence-electron chi connectivity index (χ3n) is 5.90. The largest absolute Gasteiger partial charge is 0.361 e. The second-order valence-electron chi connectivity index (χ2n) is 9.18. The summed E-state index contributed by atoms with van der Waals surface area (Å²) >= 11 is 0. The molecule has 1 N–H and O–H groups in total. The molecule has 0 saturated heterocycles. The van der Waals surface area contributed by atoms with E-state index in [9.17, 15) is 9.59 Å². The van der Waals surface area contributed by atoms with Crippen LogP contribution in [0.15, 0.2) is 60.8 Å². The Balaban J connectivity index is 1.75. The summed E-state index contributed by atoms with van der Waals surface area (Å²) in [5, 5.41) is 1.20. The SMILES string of the molecule is CCCCC(=O)N(CC(=O)N(CCc1c[nH]c2ccccc12)Cc1ccccc1)CC(C)C. The average molecular weight is 448 g/mol. The Kier molecular flexibility index (Phi) is 9.11. The Bertz CT molecular complexity index is 1030. The van der Waals surface area contributed by atoms with Gasteiger partial charge in [0.1, 0.15) is 0 Å². The normalized spacial score (nSPS) is 11.2. The Hall–Kier alpha value is -3.08. The van der Waals surface area contributed by atoms with Crippen LogP contribution in [-0.2, 0) is 22.6 Å². The molecule has 33 heavy (non-hydrogen) atoms. The molecule has 3 aromatic rings. The van der Waals surface area contributed by atoms with E-state index in [0.29, 0.717) is 32.0 Å². The van der Waals surface area contributed by atoms with E-state index >= 15 is 0 Å². The Morgan fingerprint density at radius 3 is 2.39 bits per heavy atom. The van der Waals surface area contributed by atoms with Crippen LogP contribution in [0.5, 0.6) is 0 Å². The maximum atomic E-state index is 13.5. The summed E-state index contributed by atoms with van der Waals surface area (Å²) in [6, 6.07) is 18.3. The number of carbonyl (C=O) groups is 2. The lowest BCUT2D eigenvalue weighted by molar-refractivity contribution is -0.141. The Labute approximate surface area is 197 Å². The number of fused-ring (bicyclic) bond motifs is 1. The van der Waals surface area contributed by atoms with Crippen LogP contribution in [0.4, 0.5) is 0 Å². The summed E-state index contributed by atoms with van der Waals surface area (Å²) < 4.78 is 0. The number of para-hydroxylation sites is 1. The first kappa shape index (κ1) is 24.6. The number of benzene rings is 2. The minimum absolute atomic E-state index is 0.00388. The van der Waals surface area contributed by atoms with E-state index in [1.807, 2.05) is 53.6 Å². The lowest BCUT2D eigenvalue weighted by atomic mass is 10.1. The molecule has 3 rings (SSSR count). The van der Waals surface area contributed by atoms with Gasteiger partial charge in [-0.2, -0.15) is 0 Å². The first-order chi connectivity index (χ1) is 16.0. The summed E-state index contributed by atoms with van der Waals surface area (Å²) in [4.78, 5) is 33.2. The van der Waals surface area contributed by atoms with Crippen molar-refractivity contribution >= 4 is 22.7 Å². The van der Waals surface area contributed by atoms with Gasteiger partial charge in [0, 0.05) is 43.2 Å². The quantitative estimate of drug-likeness (QED) is 0.403. The summed E-state index contributed by atoms with van der Waals surface area (Å²) in [6.07, 6.45) is 5.13. The lowest BCUT2D eigenvalue weighted by Gasteiger charge is -2.29. The monoisotopic (exact) mass is 447 g/mol. The highest BCUT2D eigenvalue weighted by atomic mass is 16.2. The van der Waals surface area contributed by atoms with Gasteiger partial charge in [0.25, 0.3) is 0 Å². The fraction of sp³-hybridized carbons (Fsp3) is 0.429. The first-order valence-corrected chi connectivity index (χ1v) is 12.1. The number of amides is 2. The highest BCUT2D eigenvalue weighted by molar-refractivity contribution is 5.85. The molecule has 0 aliphatic rings. The fourth-order valence-corrected chi connectivity index (χ4v) is 4.13. The third-order valence-corrected chi connectivity index (χ3v) is 5.90. The van der Waals surface area contributed by atoms with E-state index in [0.717, 1.165) is 30.3 Å². The van der Waals surface area contributed by atoms with Gasteiger partial charge in [-0.15, -0.1) is 0 Å². The molecule has 0 spiro atoms. The number of unbranched alkanes of at least 4 members (excludes halogenated alkanes) is 1. The average Bonchev–Trinajstić information content (AvgIpc) is 3.23. The standard InChI is InChI=1S/C28H37N3O2/c1-4-5-15-27(32)31(19-22(2)3)21-28(33)30(20-23-11-7-6-8-12-23)17-16-24-18-29-26-14-10-9-13-25(24)26/h6-14,18,22,29H,4-5,15-17,19-21H2,1-3H3. The molecular formula is C28H37N3O2. The maximum Gasteiger partial charge on any atom is 0.242 e. The van der Waals surface area contributed by atoms with Crippen LogP contribution in [0.3, 0.4) is 0 Å². The van der Waals surface area contributed by atoms with Gasteiger partial charge >= 0.3 is 0 Å². The van der Waals surface area contributed by atoms with Gasteiger partial charge in [-0.05, 0) is 36.0 Å². The Morgan fingerprint density at radius 2 is 1.67 bits per heavy atom. The zero-order chi connectivity index (χ0) is 23.6. The fourth-order valence-electron chi connectivity index (χ4n) is 4.13. The van der Waals surface area contributed by atoms with E-state index < -0.39 is 0 Å². The minimum Gasteiger partial charge on any atom is -0.361 e. The summed E-state index contributed by atoms with van der Waals surface area (Å²) in [5.74, 6) is 0.400. The molecule has 0 radical (unpaired) electrons. The molecule has 0 bridgehead atoms. The van der Waals surface area contributed by atoms with Crippen molar-refractivity contribution in [2.45, 2.75) is 53.0 Å². The number of rotatable bonds is 12. The molecule has 0 aliphatic carbocycles. The molecule has 5 nitrogen and oxygen atoms in total. The molecule has 2 aromatic carbocycles. The number of aromatic amines is 1. The molecule has 1 heterocycles. The zero-order valence-corrected chi connectivity index (χ0v) is 20.2. The number of nitrogens with zero attached hydrogens (tertiary/aromatic N) is 2. The van der Waals surface area contributed by atoms with Gasteiger partial charge in [0.05, 0.1) is 6.54 Å². The second-order valence-corrected chi connectivity index (χ2v) is 9.18. The highest BCUT2D eigenvalue weighted by Gasteiger charge is 2.22. The van der Waals surface area contributed by atoms with Gasteiger partial charge in [-0.3, -0.25) is 9.59 Å². The van der Waals surface area contributed by atoms with Crippen molar-refractivity contribution in [3.8, 4) is 0 Å². The molecule has 0 fully saturated rings. The smallest absolute Gasteiger partial charge is 0.242 e. The first-order valence-electron chi connectivity index (χ1n) is 12.1. The molecule has 0 unspecified atom stereocenters. The van der Waals surface area contributed by atoms with Gasteiger partial charge in [0.2, 0.25) is 11.8 Å². The summed E-state index contributed by atoms with van der Waals surface area (Å²) in [5.41, 5.74) is 3.41. The molecule has 0 aliphatic heterocycles. The third kappa shape index (κ3) is 7.21. The lowest BCUT2D eigenvalue weighted by Crippen LogP contribution is -2.44. The highest BCUT2D eigenvalue weighted by Crippen LogP contribution is 2.19. The van der Waals surface area contributed by atoms with Crippen LogP contribution in [0, 0.1) is 5.92 Å². The van der Waals surface area contributed by atoms with Gasteiger partial charge in [-0.25, -0.2) is 0 Å².